The molecule has 1 atom stereocenters. The zero-order chi connectivity index (χ0) is 20.6. The highest BCUT2D eigenvalue weighted by molar-refractivity contribution is 5.91. The number of carbonyl (C=O) groups excluding carboxylic acids is 1. The highest BCUT2D eigenvalue weighted by atomic mass is 16.5. The molecule has 6 nitrogen and oxygen atoms in total. The molecule has 2 aromatic carbocycles. The molecule has 0 spiro atoms. The van der Waals surface area contributed by atoms with Crippen LogP contribution in [0.1, 0.15) is 11.1 Å². The first-order chi connectivity index (χ1) is 14.8. The summed E-state index contributed by atoms with van der Waals surface area (Å²) in [4.78, 5) is 14.6. The van der Waals surface area contributed by atoms with E-state index in [1.807, 2.05) is 42.6 Å². The maximum absolute atomic E-state index is 12.2. The highest BCUT2D eigenvalue weighted by Crippen LogP contribution is 2.11. The van der Waals surface area contributed by atoms with Crippen LogP contribution >= 0.6 is 0 Å². The van der Waals surface area contributed by atoms with Gasteiger partial charge in [0.25, 0.3) is 0 Å². The minimum Gasteiger partial charge on any atom is -0.374 e. The summed E-state index contributed by atoms with van der Waals surface area (Å²) in [5.74, 6) is -0.133. The molecule has 0 saturated carbocycles. The predicted molar refractivity (Wildman–Crippen MR) is 117 cm³/mol. The Morgan fingerprint density at radius 3 is 2.70 bits per heavy atom. The van der Waals surface area contributed by atoms with Crippen LogP contribution in [0.4, 0.5) is 0 Å². The molecule has 4 rings (SSSR count). The fourth-order valence-corrected chi connectivity index (χ4v) is 3.48. The van der Waals surface area contributed by atoms with E-state index in [1.54, 1.807) is 17.0 Å². The molecule has 154 valence electrons. The van der Waals surface area contributed by atoms with Crippen molar-refractivity contribution in [2.24, 2.45) is 0 Å². The van der Waals surface area contributed by atoms with Crippen molar-refractivity contribution >= 4 is 12.0 Å². The molecule has 2 heterocycles. The van der Waals surface area contributed by atoms with Gasteiger partial charge in [0, 0.05) is 44.0 Å². The second-order valence-corrected chi connectivity index (χ2v) is 7.35. The first-order valence-corrected chi connectivity index (χ1v) is 10.2. The van der Waals surface area contributed by atoms with Gasteiger partial charge in [0.1, 0.15) is 0 Å². The van der Waals surface area contributed by atoms with E-state index in [-0.39, 0.29) is 12.0 Å². The van der Waals surface area contributed by atoms with Gasteiger partial charge in [-0.15, -0.1) is 0 Å². The second kappa shape index (κ2) is 10.0. The van der Waals surface area contributed by atoms with Gasteiger partial charge in [-0.25, -0.2) is 4.68 Å². The van der Waals surface area contributed by atoms with Crippen molar-refractivity contribution in [3.63, 3.8) is 0 Å². The Hall–Kier alpha value is -3.22. The average Bonchev–Trinajstić information content (AvgIpc) is 3.27. The molecular weight excluding hydrogens is 376 g/mol. The van der Waals surface area contributed by atoms with Gasteiger partial charge in [-0.2, -0.15) is 5.10 Å². The maximum atomic E-state index is 12.2. The molecule has 1 fully saturated rings. The third-order valence-electron chi connectivity index (χ3n) is 5.03. The van der Waals surface area contributed by atoms with Crippen molar-refractivity contribution in [2.45, 2.75) is 12.6 Å². The minimum atomic E-state index is -0.133. The maximum Gasteiger partial charge on any atom is 0.244 e. The van der Waals surface area contributed by atoms with Crippen LogP contribution in [0.2, 0.25) is 0 Å². The normalized spacial score (nSPS) is 17.3. The number of hydrogen-bond donors (Lipinski definition) is 1. The topological polar surface area (TPSA) is 59.4 Å². The van der Waals surface area contributed by atoms with E-state index in [0.29, 0.717) is 13.2 Å². The molecule has 1 aliphatic rings. The van der Waals surface area contributed by atoms with E-state index in [0.717, 1.165) is 30.9 Å². The summed E-state index contributed by atoms with van der Waals surface area (Å²) in [5, 5.41) is 7.28. The molecular formula is C24H26N4O2. The summed E-state index contributed by atoms with van der Waals surface area (Å²) >= 11 is 0. The Bertz CT molecular complexity index is 969. The number of benzene rings is 2. The molecule has 1 aliphatic heterocycles. The van der Waals surface area contributed by atoms with Gasteiger partial charge in [-0.3, -0.25) is 9.69 Å². The van der Waals surface area contributed by atoms with Crippen molar-refractivity contribution in [3.8, 4) is 5.69 Å². The van der Waals surface area contributed by atoms with Gasteiger partial charge < -0.3 is 10.1 Å². The van der Waals surface area contributed by atoms with Crippen molar-refractivity contribution in [3.05, 3.63) is 90.3 Å². The first-order valence-electron chi connectivity index (χ1n) is 10.2. The lowest BCUT2D eigenvalue weighted by molar-refractivity contribution is -0.117. The molecule has 0 radical (unpaired) electrons. The molecule has 0 aliphatic carbocycles. The number of aromatic nitrogens is 2. The molecule has 1 aromatic heterocycles. The number of rotatable bonds is 7. The number of nitrogens with zero attached hydrogens (tertiary/aromatic N) is 3. The molecule has 1 saturated heterocycles. The summed E-state index contributed by atoms with van der Waals surface area (Å²) in [6.07, 6.45) is 6.94. The standard InChI is InChI=1S/C24H26N4O2/c29-24(12-11-21-15-26-28(18-21)22-9-5-2-6-10-22)25-16-23-19-27(13-14-30-23)17-20-7-3-1-4-8-20/h1-12,15,18,23H,13-14,16-17,19H2,(H,25,29). The van der Waals surface area contributed by atoms with Crippen LogP contribution in [0.3, 0.4) is 0 Å². The predicted octanol–water partition coefficient (Wildman–Crippen LogP) is 2.90. The fourth-order valence-electron chi connectivity index (χ4n) is 3.48. The number of nitrogens with one attached hydrogen (secondary N) is 1. The monoisotopic (exact) mass is 402 g/mol. The van der Waals surface area contributed by atoms with Gasteiger partial charge >= 0.3 is 0 Å². The summed E-state index contributed by atoms with van der Waals surface area (Å²) in [7, 11) is 0. The Morgan fingerprint density at radius 1 is 1.13 bits per heavy atom. The van der Waals surface area contributed by atoms with Crippen LogP contribution < -0.4 is 5.32 Å². The molecule has 1 amide bonds. The number of carbonyl (C=O) groups is 1. The van der Waals surface area contributed by atoms with E-state index >= 15 is 0 Å². The third-order valence-corrected chi connectivity index (χ3v) is 5.03. The molecule has 6 heteroatoms. The SMILES string of the molecule is O=C(C=Cc1cnn(-c2ccccc2)c1)NCC1CN(Cc2ccccc2)CCO1. The van der Waals surface area contributed by atoms with Crippen LogP contribution in [0.25, 0.3) is 11.8 Å². The summed E-state index contributed by atoms with van der Waals surface area (Å²) in [6.45, 7) is 3.80. The molecule has 0 bridgehead atoms. The lowest BCUT2D eigenvalue weighted by Crippen LogP contribution is -2.46. The number of amides is 1. The Balaban J connectivity index is 1.24. The van der Waals surface area contributed by atoms with E-state index in [1.165, 1.54) is 11.6 Å². The van der Waals surface area contributed by atoms with Crippen LogP contribution in [0.15, 0.2) is 79.1 Å². The minimum absolute atomic E-state index is 0.000595. The third kappa shape index (κ3) is 5.65. The number of ether oxygens (including phenoxy) is 1. The van der Waals surface area contributed by atoms with E-state index in [2.05, 4.69) is 39.6 Å². The van der Waals surface area contributed by atoms with E-state index < -0.39 is 0 Å². The van der Waals surface area contributed by atoms with E-state index in [4.69, 9.17) is 4.74 Å². The molecule has 1 N–H and O–H groups in total. The average molecular weight is 402 g/mol. The molecule has 3 aromatic rings. The molecule has 30 heavy (non-hydrogen) atoms. The van der Waals surface area contributed by atoms with Crippen molar-refractivity contribution < 1.29 is 9.53 Å². The Labute approximate surface area is 176 Å². The summed E-state index contributed by atoms with van der Waals surface area (Å²) in [6, 6.07) is 20.3. The van der Waals surface area contributed by atoms with Gasteiger partial charge in [-0.1, -0.05) is 48.5 Å². The van der Waals surface area contributed by atoms with Crippen LogP contribution in [-0.4, -0.2) is 52.9 Å². The van der Waals surface area contributed by atoms with Gasteiger partial charge in [-0.05, 0) is 23.8 Å². The zero-order valence-corrected chi connectivity index (χ0v) is 16.9. The smallest absolute Gasteiger partial charge is 0.244 e. The summed E-state index contributed by atoms with van der Waals surface area (Å²) in [5.41, 5.74) is 3.15. The summed E-state index contributed by atoms with van der Waals surface area (Å²) < 4.78 is 7.60. The van der Waals surface area contributed by atoms with E-state index in [9.17, 15) is 4.79 Å². The zero-order valence-electron chi connectivity index (χ0n) is 16.9. The highest BCUT2D eigenvalue weighted by Gasteiger charge is 2.20. The lowest BCUT2D eigenvalue weighted by atomic mass is 10.2. The fraction of sp³-hybridized carbons (Fsp3) is 0.250. The second-order valence-electron chi connectivity index (χ2n) is 7.35. The van der Waals surface area contributed by atoms with Crippen LogP contribution in [-0.2, 0) is 16.1 Å². The Morgan fingerprint density at radius 2 is 1.90 bits per heavy atom. The van der Waals surface area contributed by atoms with Gasteiger partial charge in [0.15, 0.2) is 0 Å². The van der Waals surface area contributed by atoms with Crippen molar-refractivity contribution in [2.75, 3.05) is 26.2 Å². The number of hydrogen-bond acceptors (Lipinski definition) is 4. The largest absolute Gasteiger partial charge is 0.374 e. The lowest BCUT2D eigenvalue weighted by Gasteiger charge is -2.33. The first kappa shape index (κ1) is 20.1. The Kier molecular flexibility index (Phi) is 6.69. The molecule has 1 unspecified atom stereocenters. The van der Waals surface area contributed by atoms with Crippen molar-refractivity contribution in [1.82, 2.24) is 20.0 Å². The van der Waals surface area contributed by atoms with Crippen LogP contribution in [0.5, 0.6) is 0 Å². The van der Waals surface area contributed by atoms with Crippen molar-refractivity contribution in [1.29, 1.82) is 0 Å². The number of para-hydroxylation sites is 1. The number of morpholine rings is 1. The van der Waals surface area contributed by atoms with Crippen LogP contribution in [0, 0.1) is 0 Å². The van der Waals surface area contributed by atoms with Gasteiger partial charge in [0.2, 0.25) is 5.91 Å². The van der Waals surface area contributed by atoms with Gasteiger partial charge in [0.05, 0.1) is 24.6 Å². The quantitative estimate of drug-likeness (QED) is 0.618.